The van der Waals surface area contributed by atoms with Crippen LogP contribution in [0.25, 0.3) is 0 Å². The topological polar surface area (TPSA) is 46.6 Å². The Morgan fingerprint density at radius 2 is 1.15 bits per heavy atom. The molecule has 0 radical (unpaired) electrons. The third-order valence-corrected chi connectivity index (χ3v) is 7.05. The largest absolute Gasteiger partial charge is 0.376 e. The fourth-order valence-electron chi connectivity index (χ4n) is 4.31. The first kappa shape index (κ1) is 33.1. The van der Waals surface area contributed by atoms with Gasteiger partial charge in [0.15, 0.2) is 0 Å². The van der Waals surface area contributed by atoms with Gasteiger partial charge in [0.1, 0.15) is 13.0 Å². The molecule has 0 aromatic carbocycles. The zero-order chi connectivity index (χ0) is 25.5. The Kier molecular flexibility index (Phi) is 21.9. The van der Waals surface area contributed by atoms with Gasteiger partial charge in [-0.05, 0) is 25.7 Å². The van der Waals surface area contributed by atoms with E-state index < -0.39 is 0 Å². The lowest BCUT2D eigenvalue weighted by molar-refractivity contribution is -0.835. The summed E-state index contributed by atoms with van der Waals surface area (Å²) in [5.74, 6) is 0.00859. The van der Waals surface area contributed by atoms with Crippen molar-refractivity contribution in [2.45, 2.75) is 130 Å². The maximum atomic E-state index is 13.3. The summed E-state index contributed by atoms with van der Waals surface area (Å²) < 4.78 is 6.19. The molecule has 5 nitrogen and oxygen atoms in total. The predicted molar refractivity (Wildman–Crippen MR) is 145 cm³/mol. The molecule has 2 amide bonds. The van der Waals surface area contributed by atoms with Gasteiger partial charge in [-0.3, -0.25) is 9.28 Å². The SMILES string of the molecule is CCCCCCCCN(C)C(=O)CC(=O)[N+](C)(CCCCCCCC)CCOCCCCCC. The Hall–Kier alpha value is -0.940. The number of nitrogens with zero attached hydrogens (tertiary/aromatic N) is 2. The van der Waals surface area contributed by atoms with Crippen LogP contribution in [0.1, 0.15) is 130 Å². The monoisotopic (exact) mass is 483 g/mol. The van der Waals surface area contributed by atoms with Crippen molar-refractivity contribution in [1.82, 2.24) is 4.90 Å². The zero-order valence-corrected chi connectivity index (χ0v) is 23.7. The lowest BCUT2D eigenvalue weighted by atomic mass is 10.1. The van der Waals surface area contributed by atoms with Gasteiger partial charge < -0.3 is 9.64 Å². The van der Waals surface area contributed by atoms with Gasteiger partial charge in [-0.15, -0.1) is 0 Å². The normalized spacial score (nSPS) is 13.1. The second kappa shape index (κ2) is 22.5. The van der Waals surface area contributed by atoms with Crippen molar-refractivity contribution in [3.8, 4) is 0 Å². The summed E-state index contributed by atoms with van der Waals surface area (Å²) >= 11 is 0. The third-order valence-electron chi connectivity index (χ3n) is 7.05. The first-order valence-corrected chi connectivity index (χ1v) is 14.6. The van der Waals surface area contributed by atoms with Crippen LogP contribution in [0.15, 0.2) is 0 Å². The van der Waals surface area contributed by atoms with Crippen molar-refractivity contribution in [2.75, 3.05) is 46.9 Å². The van der Waals surface area contributed by atoms with E-state index in [2.05, 4.69) is 20.8 Å². The van der Waals surface area contributed by atoms with Gasteiger partial charge in [0, 0.05) is 20.2 Å². The Labute approximate surface area is 212 Å². The molecule has 0 saturated heterocycles. The van der Waals surface area contributed by atoms with E-state index in [4.69, 9.17) is 4.74 Å². The number of hydrogen-bond acceptors (Lipinski definition) is 3. The van der Waals surface area contributed by atoms with E-state index in [9.17, 15) is 9.59 Å². The van der Waals surface area contributed by atoms with Gasteiger partial charge in [-0.2, -0.15) is 0 Å². The van der Waals surface area contributed by atoms with Crippen molar-refractivity contribution in [3.05, 3.63) is 0 Å². The lowest BCUT2D eigenvalue weighted by Crippen LogP contribution is -2.53. The summed E-state index contributed by atoms with van der Waals surface area (Å²) in [6, 6.07) is 0. The Morgan fingerprint density at radius 3 is 1.74 bits per heavy atom. The van der Waals surface area contributed by atoms with Crippen molar-refractivity contribution < 1.29 is 18.8 Å². The summed E-state index contributed by atoms with van der Waals surface area (Å²) in [4.78, 5) is 27.8. The van der Waals surface area contributed by atoms with Crippen molar-refractivity contribution >= 4 is 11.8 Å². The molecule has 0 N–H and O–H groups in total. The highest BCUT2D eigenvalue weighted by Gasteiger charge is 2.33. The molecule has 34 heavy (non-hydrogen) atoms. The van der Waals surface area contributed by atoms with E-state index in [1.165, 1.54) is 70.6 Å². The Bertz CT molecular complexity index is 498. The first-order valence-electron chi connectivity index (χ1n) is 14.6. The molecule has 1 unspecified atom stereocenters. The molecule has 5 heteroatoms. The highest BCUT2D eigenvalue weighted by Crippen LogP contribution is 2.14. The van der Waals surface area contributed by atoms with Crippen LogP contribution in [0.3, 0.4) is 0 Å². The van der Waals surface area contributed by atoms with Gasteiger partial charge in [-0.1, -0.05) is 97.8 Å². The van der Waals surface area contributed by atoms with Crippen LogP contribution in [0.5, 0.6) is 0 Å². The minimum Gasteiger partial charge on any atom is -0.376 e. The molecule has 1 atom stereocenters. The number of likely N-dealkylation sites (N-methyl/N-ethyl adjacent to an activating group) is 1. The molecule has 202 valence electrons. The van der Waals surface area contributed by atoms with Crippen molar-refractivity contribution in [3.63, 3.8) is 0 Å². The molecular weight excluding hydrogens is 424 g/mol. The second-order valence-corrected chi connectivity index (χ2v) is 10.4. The van der Waals surface area contributed by atoms with Crippen LogP contribution < -0.4 is 0 Å². The average molecular weight is 484 g/mol. The van der Waals surface area contributed by atoms with Crippen molar-refractivity contribution in [2.24, 2.45) is 0 Å². The number of unbranched alkanes of at least 4 members (excludes halogenated alkanes) is 13. The van der Waals surface area contributed by atoms with E-state index >= 15 is 0 Å². The summed E-state index contributed by atoms with van der Waals surface area (Å²) in [7, 11) is 3.86. The molecular formula is C29H59N2O3+. The second-order valence-electron chi connectivity index (χ2n) is 10.4. The maximum absolute atomic E-state index is 13.3. The fraction of sp³-hybridized carbons (Fsp3) is 0.931. The highest BCUT2D eigenvalue weighted by molar-refractivity contribution is 5.93. The molecule has 0 aliphatic carbocycles. The molecule has 0 aromatic rings. The lowest BCUT2D eigenvalue weighted by Gasteiger charge is -2.32. The van der Waals surface area contributed by atoms with Crippen LogP contribution in [-0.4, -0.2) is 68.1 Å². The molecule has 0 bridgehead atoms. The third kappa shape index (κ3) is 17.5. The molecule has 0 aromatic heterocycles. The average Bonchev–Trinajstić information content (AvgIpc) is 2.82. The van der Waals surface area contributed by atoms with E-state index in [0.717, 1.165) is 51.8 Å². The molecule has 0 saturated carbocycles. The van der Waals surface area contributed by atoms with Crippen LogP contribution in [-0.2, 0) is 14.3 Å². The smallest absolute Gasteiger partial charge is 0.323 e. The number of rotatable bonds is 24. The first-order chi connectivity index (χ1) is 16.4. The molecule has 0 fully saturated rings. The number of hydrogen-bond donors (Lipinski definition) is 0. The van der Waals surface area contributed by atoms with Gasteiger partial charge >= 0.3 is 5.91 Å². The van der Waals surface area contributed by atoms with Gasteiger partial charge in [0.25, 0.3) is 0 Å². The number of carbonyl (C=O) groups excluding carboxylic acids is 2. The molecule has 0 spiro atoms. The standard InChI is InChI=1S/C29H59N2O3/c1-6-9-12-15-17-19-22-30(4)28(32)27-29(33)31(5,23-20-18-16-13-10-7-2)24-26-34-25-21-14-11-8-3/h6-27H2,1-5H3/q+1. The fourth-order valence-corrected chi connectivity index (χ4v) is 4.31. The number of ether oxygens (including phenoxy) is 1. The minimum atomic E-state index is -0.0358. The van der Waals surface area contributed by atoms with Crippen LogP contribution in [0.2, 0.25) is 0 Å². The van der Waals surface area contributed by atoms with Gasteiger partial charge in [0.2, 0.25) is 5.91 Å². The van der Waals surface area contributed by atoms with E-state index in [1.54, 1.807) is 4.90 Å². The summed E-state index contributed by atoms with van der Waals surface area (Å²) in [5.41, 5.74) is 0. The number of carbonyl (C=O) groups is 2. The summed E-state index contributed by atoms with van der Waals surface area (Å²) in [6.07, 6.45) is 19.3. The molecule has 0 aliphatic rings. The van der Waals surface area contributed by atoms with Crippen LogP contribution >= 0.6 is 0 Å². The van der Waals surface area contributed by atoms with Crippen LogP contribution in [0.4, 0.5) is 0 Å². The minimum absolute atomic E-state index is 0.00910. The predicted octanol–water partition coefficient (Wildman–Crippen LogP) is 7.13. The van der Waals surface area contributed by atoms with E-state index in [-0.39, 0.29) is 18.2 Å². The van der Waals surface area contributed by atoms with E-state index in [1.807, 2.05) is 14.1 Å². The van der Waals surface area contributed by atoms with Crippen LogP contribution in [0, 0.1) is 0 Å². The van der Waals surface area contributed by atoms with Crippen molar-refractivity contribution in [1.29, 1.82) is 0 Å². The summed E-state index contributed by atoms with van der Waals surface area (Å²) in [5, 5.41) is 0. The summed E-state index contributed by atoms with van der Waals surface area (Å²) in [6.45, 7) is 10.2. The van der Waals surface area contributed by atoms with E-state index in [0.29, 0.717) is 17.6 Å². The maximum Gasteiger partial charge on any atom is 0.323 e. The Balaban J connectivity index is 4.58. The Morgan fingerprint density at radius 1 is 0.647 bits per heavy atom. The quantitative estimate of drug-likeness (QED) is 0.0833. The number of amides is 2. The number of quaternary nitrogens is 1. The highest BCUT2D eigenvalue weighted by atomic mass is 16.5. The molecule has 0 aliphatic heterocycles. The van der Waals surface area contributed by atoms with Gasteiger partial charge in [0.05, 0.1) is 20.2 Å². The molecule has 0 rings (SSSR count). The van der Waals surface area contributed by atoms with Gasteiger partial charge in [-0.25, -0.2) is 4.79 Å². The molecule has 0 heterocycles. The zero-order valence-electron chi connectivity index (χ0n) is 23.7.